The summed E-state index contributed by atoms with van der Waals surface area (Å²) in [6.45, 7) is 1.31. The van der Waals surface area contributed by atoms with Crippen molar-refractivity contribution in [2.45, 2.75) is 62.0 Å². The van der Waals surface area contributed by atoms with Gasteiger partial charge in [0.1, 0.15) is 24.4 Å². The van der Waals surface area contributed by atoms with E-state index in [1.54, 1.807) is 24.3 Å². The Morgan fingerprint density at radius 1 is 0.510 bits per heavy atom. The maximum atomic E-state index is 14.0. The van der Waals surface area contributed by atoms with Gasteiger partial charge in [-0.1, -0.05) is 140 Å². The van der Waals surface area contributed by atoms with Gasteiger partial charge >= 0.3 is 0 Å². The van der Waals surface area contributed by atoms with Crippen molar-refractivity contribution in [3.63, 3.8) is 0 Å². The van der Waals surface area contributed by atoms with Crippen molar-refractivity contribution in [2.75, 3.05) is 6.61 Å². The molecule has 1 heterocycles. The largest absolute Gasteiger partial charge is 0.374 e. The van der Waals surface area contributed by atoms with E-state index in [0.717, 1.165) is 22.3 Å². The monoisotopic (exact) mass is 696 g/mol. The van der Waals surface area contributed by atoms with E-state index in [-0.39, 0.29) is 19.8 Å². The van der Waals surface area contributed by atoms with E-state index in [4.69, 9.17) is 39.1 Å². The van der Waals surface area contributed by atoms with E-state index in [2.05, 4.69) is 0 Å². The fraction of sp³-hybridized carbons (Fsp3) is 0.250. The molecule has 49 heavy (non-hydrogen) atoms. The lowest BCUT2D eigenvalue weighted by Crippen LogP contribution is -2.62. The molecule has 9 heteroatoms. The first kappa shape index (κ1) is 35.1. The summed E-state index contributed by atoms with van der Waals surface area (Å²) in [5, 5.41) is 0. The third-order valence-electron chi connectivity index (χ3n) is 8.09. The third-order valence-corrected chi connectivity index (χ3v) is 10.2. The maximum Gasteiger partial charge on any atom is 0.202 e. The Hall–Kier alpha value is -3.77. The summed E-state index contributed by atoms with van der Waals surface area (Å²) in [5.41, 5.74) is 3.93. The summed E-state index contributed by atoms with van der Waals surface area (Å²) in [4.78, 5) is 0.372. The summed E-state index contributed by atoms with van der Waals surface area (Å²) >= 11 is 5.60. The molecule has 1 aliphatic rings. The van der Waals surface area contributed by atoms with Crippen molar-refractivity contribution in [1.29, 1.82) is 0 Å². The summed E-state index contributed by atoms with van der Waals surface area (Å²) in [6.07, 6.45) is -4.11. The Bertz CT molecular complexity index is 1780. The lowest BCUT2D eigenvalue weighted by atomic mass is 9.98. The molecule has 0 aliphatic carbocycles. The molecule has 1 saturated heterocycles. The van der Waals surface area contributed by atoms with Gasteiger partial charge in [-0.2, -0.15) is 0 Å². The summed E-state index contributed by atoms with van der Waals surface area (Å²) in [6, 6.07) is 48.3. The van der Waals surface area contributed by atoms with E-state index in [1.165, 1.54) is 0 Å². The highest BCUT2D eigenvalue weighted by Crippen LogP contribution is 2.33. The van der Waals surface area contributed by atoms with Gasteiger partial charge in [0.05, 0.1) is 37.9 Å². The third kappa shape index (κ3) is 10.1. The van der Waals surface area contributed by atoms with Gasteiger partial charge < -0.3 is 23.7 Å². The van der Waals surface area contributed by atoms with Gasteiger partial charge in [0.15, 0.2) is 8.77 Å². The van der Waals surface area contributed by atoms with Crippen LogP contribution < -0.4 is 0 Å². The summed E-state index contributed by atoms with van der Waals surface area (Å²) in [5.74, 6) is 0. The lowest BCUT2D eigenvalue weighted by molar-refractivity contribution is -0.308. The molecule has 0 spiro atoms. The molecule has 0 N–H and O–H groups in total. The van der Waals surface area contributed by atoms with E-state index >= 15 is 0 Å². The average Bonchev–Trinajstić information content (AvgIpc) is 3.15. The molecule has 1 fully saturated rings. The van der Waals surface area contributed by atoms with Crippen molar-refractivity contribution < 1.29 is 32.1 Å². The van der Waals surface area contributed by atoms with Gasteiger partial charge in [-0.3, -0.25) is 4.18 Å². The zero-order valence-electron chi connectivity index (χ0n) is 27.0. The van der Waals surface area contributed by atoms with Crippen LogP contribution in [-0.4, -0.2) is 41.5 Å². The van der Waals surface area contributed by atoms with E-state index < -0.39 is 39.5 Å². The Kier molecular flexibility index (Phi) is 12.7. The summed E-state index contributed by atoms with van der Waals surface area (Å²) < 4.78 is 53.1. The van der Waals surface area contributed by atoms with Crippen LogP contribution in [0.4, 0.5) is 0 Å². The molecule has 5 aromatic rings. The van der Waals surface area contributed by atoms with Crippen molar-refractivity contribution >= 4 is 20.0 Å². The normalized spacial score (nSPS) is 21.9. The molecule has 5 aromatic carbocycles. The van der Waals surface area contributed by atoms with E-state index in [1.807, 2.05) is 127 Å². The number of benzene rings is 5. The molecule has 6 atom stereocenters. The molecule has 0 bridgehead atoms. The number of hydrogen-bond donors (Lipinski definition) is 0. The standard InChI is InChI=1S/C40H40O7S2/c41-49(48,35-24-14-5-15-25-35)47-40-39(45-29-34-22-12-4-13-23-34)38(44-28-33-20-10-3-11-21-33)37(43-27-32-18-8-2-9-19-32)36(46-40)30-42-26-31-16-6-1-7-17-31/h1-25,36-40H,26-30H2/t36-,37-,38+,39-,40?,49?/m1/s1. The van der Waals surface area contributed by atoms with E-state index in [9.17, 15) is 4.21 Å². The number of rotatable bonds is 16. The van der Waals surface area contributed by atoms with Crippen LogP contribution in [-0.2, 0) is 74.3 Å². The second-order valence-electron chi connectivity index (χ2n) is 11.7. The zero-order valence-corrected chi connectivity index (χ0v) is 28.7. The number of hydrogen-bond acceptors (Lipinski definition) is 8. The quantitative estimate of drug-likeness (QED) is 0.106. The molecule has 254 valence electrons. The van der Waals surface area contributed by atoms with Crippen LogP contribution in [0.25, 0.3) is 0 Å². The molecule has 0 aromatic heterocycles. The summed E-state index contributed by atoms with van der Waals surface area (Å²) in [7, 11) is -3.43. The minimum absolute atomic E-state index is 0.148. The van der Waals surface area contributed by atoms with Gasteiger partial charge in [-0.25, -0.2) is 4.21 Å². The Morgan fingerprint density at radius 3 is 1.37 bits per heavy atom. The van der Waals surface area contributed by atoms with Crippen LogP contribution >= 0.6 is 0 Å². The molecule has 1 aliphatic heterocycles. The van der Waals surface area contributed by atoms with Crippen LogP contribution in [0.15, 0.2) is 157 Å². The molecular formula is C40H40O7S2. The number of ether oxygens (including phenoxy) is 5. The molecule has 7 nitrogen and oxygen atoms in total. The molecule has 0 amide bonds. The Balaban J connectivity index is 1.34. The minimum atomic E-state index is -3.43. The highest BCUT2D eigenvalue weighted by Gasteiger charge is 2.50. The average molecular weight is 697 g/mol. The van der Waals surface area contributed by atoms with Crippen molar-refractivity contribution in [3.05, 3.63) is 174 Å². The first-order valence-electron chi connectivity index (χ1n) is 16.3. The lowest BCUT2D eigenvalue weighted by Gasteiger charge is -2.45. The second-order valence-corrected chi connectivity index (χ2v) is 14.6. The van der Waals surface area contributed by atoms with Crippen molar-refractivity contribution in [3.8, 4) is 0 Å². The first-order chi connectivity index (χ1) is 24.0. The van der Waals surface area contributed by atoms with Gasteiger partial charge in [-0.05, 0) is 34.4 Å². The smallest absolute Gasteiger partial charge is 0.202 e. The fourth-order valence-corrected chi connectivity index (χ4v) is 7.16. The zero-order chi connectivity index (χ0) is 33.7. The van der Waals surface area contributed by atoms with Crippen LogP contribution in [0, 0.1) is 0 Å². The van der Waals surface area contributed by atoms with Crippen LogP contribution in [0.2, 0.25) is 0 Å². The second kappa shape index (κ2) is 17.8. The maximum absolute atomic E-state index is 14.0. The predicted octanol–water partition coefficient (Wildman–Crippen LogP) is 7.42. The highest BCUT2D eigenvalue weighted by atomic mass is 32.8. The molecule has 2 unspecified atom stereocenters. The van der Waals surface area contributed by atoms with Gasteiger partial charge in [-0.15, -0.1) is 0 Å². The topological polar surface area (TPSA) is 72.5 Å². The minimum Gasteiger partial charge on any atom is -0.374 e. The molecule has 6 rings (SSSR count). The van der Waals surface area contributed by atoms with Crippen molar-refractivity contribution in [1.82, 2.24) is 0 Å². The first-order valence-corrected chi connectivity index (χ1v) is 18.7. The highest BCUT2D eigenvalue weighted by molar-refractivity contribution is 8.30. The predicted molar refractivity (Wildman–Crippen MR) is 191 cm³/mol. The van der Waals surface area contributed by atoms with Gasteiger partial charge in [0.25, 0.3) is 0 Å². The van der Waals surface area contributed by atoms with Gasteiger partial charge in [0, 0.05) is 11.2 Å². The van der Waals surface area contributed by atoms with Crippen LogP contribution in [0.5, 0.6) is 0 Å². The van der Waals surface area contributed by atoms with E-state index in [0.29, 0.717) is 18.1 Å². The van der Waals surface area contributed by atoms with Crippen molar-refractivity contribution in [2.24, 2.45) is 0 Å². The molecule has 0 radical (unpaired) electrons. The Morgan fingerprint density at radius 2 is 0.898 bits per heavy atom. The molecule has 0 saturated carbocycles. The fourth-order valence-electron chi connectivity index (χ4n) is 5.59. The molecular weight excluding hydrogens is 657 g/mol. The van der Waals surface area contributed by atoms with Crippen LogP contribution in [0.1, 0.15) is 22.3 Å². The Labute approximate surface area is 293 Å². The SMILES string of the molecule is O=S(=S)(OC1O[C@H](COCc2ccccc2)[C@@H](OCc2ccccc2)[C@H](OCc2ccccc2)[C@H]1OCc1ccccc1)c1ccccc1. The van der Waals surface area contributed by atoms with Crippen LogP contribution in [0.3, 0.4) is 0 Å². The van der Waals surface area contributed by atoms with Gasteiger partial charge in [0.2, 0.25) is 6.29 Å².